The molecule has 0 radical (unpaired) electrons. The molecule has 0 aliphatic carbocycles. The number of aliphatic carboxylic acids is 1. The molecule has 0 saturated carbocycles. The van der Waals surface area contributed by atoms with E-state index in [0.717, 1.165) is 0 Å². The van der Waals surface area contributed by atoms with Crippen molar-refractivity contribution >= 4 is 21.9 Å². The average molecular weight is 290 g/mol. The number of likely N-dealkylation sites (tertiary alicyclic amines) is 1. The smallest absolute Gasteiger partial charge is 0.308 e. The fourth-order valence-corrected chi connectivity index (χ4v) is 3.80. The van der Waals surface area contributed by atoms with Crippen LogP contribution in [0.25, 0.3) is 0 Å². The van der Waals surface area contributed by atoms with Gasteiger partial charge in [0, 0.05) is 32.1 Å². The van der Waals surface area contributed by atoms with E-state index in [1.807, 2.05) is 0 Å². The van der Waals surface area contributed by atoms with Gasteiger partial charge < -0.3 is 10.0 Å². The molecule has 2 aliphatic heterocycles. The van der Waals surface area contributed by atoms with Crippen LogP contribution in [-0.2, 0) is 19.6 Å². The van der Waals surface area contributed by atoms with Crippen LogP contribution in [0.5, 0.6) is 0 Å². The van der Waals surface area contributed by atoms with E-state index >= 15 is 0 Å². The standard InChI is InChI=1S/C11H18N2O5S/c1-2-19(17,18)12-4-3-9(7-12)13-6-8(11(15)16)5-10(13)14/h8-9H,2-7H2,1H3,(H,15,16). The summed E-state index contributed by atoms with van der Waals surface area (Å²) in [6.45, 7) is 2.47. The van der Waals surface area contributed by atoms with Crippen LogP contribution in [0.4, 0.5) is 0 Å². The molecule has 7 nitrogen and oxygen atoms in total. The Hall–Kier alpha value is -1.15. The molecule has 108 valence electrons. The molecule has 1 amide bonds. The summed E-state index contributed by atoms with van der Waals surface area (Å²) in [7, 11) is -3.23. The molecule has 2 fully saturated rings. The SMILES string of the molecule is CCS(=O)(=O)N1CCC(N2CC(C(=O)O)CC2=O)C1. The lowest BCUT2D eigenvalue weighted by molar-refractivity contribution is -0.141. The molecule has 2 saturated heterocycles. The van der Waals surface area contributed by atoms with Crippen molar-refractivity contribution in [3.63, 3.8) is 0 Å². The second kappa shape index (κ2) is 5.09. The summed E-state index contributed by atoms with van der Waals surface area (Å²) < 4.78 is 24.9. The third-order valence-electron chi connectivity index (χ3n) is 3.83. The minimum Gasteiger partial charge on any atom is -0.481 e. The molecule has 2 atom stereocenters. The monoisotopic (exact) mass is 290 g/mol. The predicted molar refractivity (Wildman–Crippen MR) is 66.9 cm³/mol. The zero-order chi connectivity index (χ0) is 14.2. The summed E-state index contributed by atoms with van der Waals surface area (Å²) in [6.07, 6.45) is 0.601. The van der Waals surface area contributed by atoms with E-state index in [4.69, 9.17) is 5.11 Å². The van der Waals surface area contributed by atoms with Crippen LogP contribution in [0, 0.1) is 5.92 Å². The van der Waals surface area contributed by atoms with E-state index in [9.17, 15) is 18.0 Å². The Morgan fingerprint density at radius 2 is 2.11 bits per heavy atom. The number of carboxylic acid groups (broad SMARTS) is 1. The van der Waals surface area contributed by atoms with Crippen molar-refractivity contribution in [2.24, 2.45) is 5.92 Å². The fourth-order valence-electron chi connectivity index (χ4n) is 2.65. The summed E-state index contributed by atoms with van der Waals surface area (Å²) >= 11 is 0. The molecule has 19 heavy (non-hydrogen) atoms. The Balaban J connectivity index is 2.02. The molecule has 0 spiro atoms. The lowest BCUT2D eigenvalue weighted by Gasteiger charge is -2.24. The van der Waals surface area contributed by atoms with Crippen molar-refractivity contribution in [3.8, 4) is 0 Å². The van der Waals surface area contributed by atoms with Gasteiger partial charge in [-0.2, -0.15) is 4.31 Å². The fraction of sp³-hybridized carbons (Fsp3) is 0.818. The van der Waals surface area contributed by atoms with Crippen LogP contribution in [0.1, 0.15) is 19.8 Å². The second-order valence-corrected chi connectivity index (χ2v) is 7.24. The Morgan fingerprint density at radius 1 is 1.42 bits per heavy atom. The van der Waals surface area contributed by atoms with Gasteiger partial charge in [-0.1, -0.05) is 0 Å². The van der Waals surface area contributed by atoms with Crippen LogP contribution in [0.3, 0.4) is 0 Å². The zero-order valence-corrected chi connectivity index (χ0v) is 11.6. The van der Waals surface area contributed by atoms with Gasteiger partial charge in [-0.25, -0.2) is 8.42 Å². The number of carbonyl (C=O) groups excluding carboxylic acids is 1. The number of carbonyl (C=O) groups is 2. The highest BCUT2D eigenvalue weighted by Crippen LogP contribution is 2.26. The van der Waals surface area contributed by atoms with E-state index < -0.39 is 21.9 Å². The van der Waals surface area contributed by atoms with Gasteiger partial charge >= 0.3 is 5.97 Å². The van der Waals surface area contributed by atoms with Crippen LogP contribution in [0.2, 0.25) is 0 Å². The molecular weight excluding hydrogens is 272 g/mol. The summed E-state index contributed by atoms with van der Waals surface area (Å²) in [5, 5.41) is 8.93. The maximum atomic E-state index is 11.8. The summed E-state index contributed by atoms with van der Waals surface area (Å²) in [6, 6.07) is -0.182. The predicted octanol–water partition coefficient (Wildman–Crippen LogP) is -0.656. The molecule has 2 rings (SSSR count). The van der Waals surface area contributed by atoms with Gasteiger partial charge in [0.05, 0.1) is 11.7 Å². The van der Waals surface area contributed by atoms with Crippen LogP contribution >= 0.6 is 0 Å². The summed E-state index contributed by atoms with van der Waals surface area (Å²) in [5.41, 5.74) is 0. The Labute approximate surface area is 112 Å². The van der Waals surface area contributed by atoms with Gasteiger partial charge in [0.2, 0.25) is 15.9 Å². The van der Waals surface area contributed by atoms with Crippen molar-refractivity contribution in [1.29, 1.82) is 0 Å². The lowest BCUT2D eigenvalue weighted by atomic mass is 10.1. The number of nitrogens with zero attached hydrogens (tertiary/aromatic N) is 2. The molecule has 1 N–H and O–H groups in total. The first-order valence-electron chi connectivity index (χ1n) is 6.35. The molecular formula is C11H18N2O5S. The van der Waals surface area contributed by atoms with Gasteiger partial charge in [0.15, 0.2) is 0 Å². The minimum absolute atomic E-state index is 0.0202. The third kappa shape index (κ3) is 2.74. The number of amides is 1. The van der Waals surface area contributed by atoms with Gasteiger partial charge in [-0.15, -0.1) is 0 Å². The largest absolute Gasteiger partial charge is 0.481 e. The zero-order valence-electron chi connectivity index (χ0n) is 10.8. The van der Waals surface area contributed by atoms with E-state index in [1.165, 1.54) is 9.21 Å². The first kappa shape index (κ1) is 14.3. The number of hydrogen-bond donors (Lipinski definition) is 1. The van der Waals surface area contributed by atoms with Gasteiger partial charge in [-0.3, -0.25) is 9.59 Å². The van der Waals surface area contributed by atoms with Crippen LogP contribution in [0.15, 0.2) is 0 Å². The first-order chi connectivity index (χ1) is 8.85. The molecule has 0 aromatic heterocycles. The van der Waals surface area contributed by atoms with Crippen molar-refractivity contribution in [1.82, 2.24) is 9.21 Å². The van der Waals surface area contributed by atoms with Crippen LogP contribution in [-0.4, -0.2) is 66.0 Å². The Kier molecular flexibility index (Phi) is 3.82. The molecule has 2 unspecified atom stereocenters. The van der Waals surface area contributed by atoms with Crippen molar-refractivity contribution in [2.45, 2.75) is 25.8 Å². The molecule has 8 heteroatoms. The molecule has 0 aromatic rings. The van der Waals surface area contributed by atoms with Crippen LogP contribution < -0.4 is 0 Å². The van der Waals surface area contributed by atoms with Crippen molar-refractivity contribution < 1.29 is 23.1 Å². The maximum absolute atomic E-state index is 11.8. The van der Waals surface area contributed by atoms with E-state index in [0.29, 0.717) is 13.0 Å². The minimum atomic E-state index is -3.23. The summed E-state index contributed by atoms with van der Waals surface area (Å²) in [5.74, 6) is -1.77. The van der Waals surface area contributed by atoms with E-state index in [-0.39, 0.29) is 37.2 Å². The molecule has 0 bridgehead atoms. The Morgan fingerprint density at radius 3 is 2.63 bits per heavy atom. The highest BCUT2D eigenvalue weighted by Gasteiger charge is 2.41. The molecule has 2 aliphatic rings. The number of hydrogen-bond acceptors (Lipinski definition) is 4. The topological polar surface area (TPSA) is 95.0 Å². The molecule has 2 heterocycles. The highest BCUT2D eigenvalue weighted by molar-refractivity contribution is 7.89. The average Bonchev–Trinajstić information content (AvgIpc) is 2.95. The quantitative estimate of drug-likeness (QED) is 0.742. The number of sulfonamides is 1. The Bertz CT molecular complexity index is 489. The second-order valence-electron chi connectivity index (χ2n) is 4.99. The number of carboxylic acids is 1. The van der Waals surface area contributed by atoms with Crippen molar-refractivity contribution in [3.05, 3.63) is 0 Å². The maximum Gasteiger partial charge on any atom is 0.308 e. The summed E-state index contributed by atoms with van der Waals surface area (Å²) in [4.78, 5) is 24.2. The van der Waals surface area contributed by atoms with E-state index in [1.54, 1.807) is 6.92 Å². The lowest BCUT2D eigenvalue weighted by Crippen LogP contribution is -2.40. The van der Waals surface area contributed by atoms with Gasteiger partial charge in [0.1, 0.15) is 0 Å². The normalized spacial score (nSPS) is 29.1. The first-order valence-corrected chi connectivity index (χ1v) is 7.96. The molecule has 0 aromatic carbocycles. The van der Waals surface area contributed by atoms with Gasteiger partial charge in [-0.05, 0) is 13.3 Å². The number of rotatable bonds is 4. The van der Waals surface area contributed by atoms with Gasteiger partial charge in [0.25, 0.3) is 0 Å². The van der Waals surface area contributed by atoms with Crippen molar-refractivity contribution in [2.75, 3.05) is 25.4 Å². The third-order valence-corrected chi connectivity index (χ3v) is 5.68. The highest BCUT2D eigenvalue weighted by atomic mass is 32.2. The van der Waals surface area contributed by atoms with E-state index in [2.05, 4.69) is 0 Å².